The van der Waals surface area contributed by atoms with E-state index in [1.165, 1.54) is 18.7 Å². The van der Waals surface area contributed by atoms with E-state index in [1.807, 2.05) is 24.3 Å². The zero-order valence-electron chi connectivity index (χ0n) is 12.9. The summed E-state index contributed by atoms with van der Waals surface area (Å²) in [5.41, 5.74) is 0.706. The first-order valence-electron chi connectivity index (χ1n) is 7.09. The van der Waals surface area contributed by atoms with Crippen molar-refractivity contribution in [1.82, 2.24) is 4.90 Å². The van der Waals surface area contributed by atoms with Crippen molar-refractivity contribution in [3.05, 3.63) is 24.3 Å². The van der Waals surface area contributed by atoms with Gasteiger partial charge in [-0.15, -0.1) is 11.8 Å². The van der Waals surface area contributed by atoms with Crippen LogP contribution >= 0.6 is 11.8 Å². The Bertz CT molecular complexity index is 598. The van der Waals surface area contributed by atoms with Crippen LogP contribution in [0.5, 0.6) is 0 Å². The molecule has 7 heteroatoms. The fourth-order valence-corrected chi connectivity index (χ4v) is 2.61. The molecule has 0 bridgehead atoms. The summed E-state index contributed by atoms with van der Waals surface area (Å²) in [6, 6.07) is 11.2. The molecule has 120 valence electrons. The van der Waals surface area contributed by atoms with Crippen LogP contribution < -0.4 is 5.32 Å². The SMILES string of the molecule is CC(=O)Nc1ccc(SCC(=O)N(CCC#N)CCC#N)cc1. The molecule has 2 amide bonds. The first-order valence-corrected chi connectivity index (χ1v) is 8.07. The number of hydrogen-bond donors (Lipinski definition) is 1. The quantitative estimate of drug-likeness (QED) is 0.738. The standard InChI is InChI=1S/C16H18N4O2S/c1-13(21)19-14-4-6-15(7-5-14)23-12-16(22)20(10-2-8-17)11-3-9-18/h4-7H,2-3,10-12H2,1H3,(H,19,21). The fourth-order valence-electron chi connectivity index (χ4n) is 1.81. The second-order valence-electron chi connectivity index (χ2n) is 4.69. The van der Waals surface area contributed by atoms with Crippen LogP contribution in [0.15, 0.2) is 29.2 Å². The summed E-state index contributed by atoms with van der Waals surface area (Å²) in [6.45, 7) is 2.14. The minimum absolute atomic E-state index is 0.0913. The number of thioether (sulfide) groups is 1. The first-order chi connectivity index (χ1) is 11.1. The highest BCUT2D eigenvalue weighted by molar-refractivity contribution is 8.00. The highest BCUT2D eigenvalue weighted by atomic mass is 32.2. The average Bonchev–Trinajstić information content (AvgIpc) is 2.53. The lowest BCUT2D eigenvalue weighted by Crippen LogP contribution is -2.34. The van der Waals surface area contributed by atoms with Gasteiger partial charge in [0.05, 0.1) is 30.7 Å². The molecule has 0 saturated carbocycles. The van der Waals surface area contributed by atoms with Crippen LogP contribution in [0, 0.1) is 22.7 Å². The molecule has 0 aliphatic rings. The number of nitriles is 2. The zero-order valence-corrected chi connectivity index (χ0v) is 13.7. The highest BCUT2D eigenvalue weighted by Gasteiger charge is 2.13. The maximum absolute atomic E-state index is 12.2. The third-order valence-corrected chi connectivity index (χ3v) is 3.87. The minimum Gasteiger partial charge on any atom is -0.340 e. The third kappa shape index (κ3) is 7.35. The van der Waals surface area contributed by atoms with Crippen LogP contribution in [-0.2, 0) is 9.59 Å². The number of hydrogen-bond acceptors (Lipinski definition) is 5. The highest BCUT2D eigenvalue weighted by Crippen LogP contribution is 2.20. The number of rotatable bonds is 8. The lowest BCUT2D eigenvalue weighted by molar-refractivity contribution is -0.128. The molecule has 0 spiro atoms. The topological polar surface area (TPSA) is 97.0 Å². The first kappa shape index (κ1) is 18.5. The summed E-state index contributed by atoms with van der Waals surface area (Å²) < 4.78 is 0. The van der Waals surface area contributed by atoms with E-state index in [9.17, 15) is 9.59 Å². The van der Waals surface area contributed by atoms with Gasteiger partial charge in [-0.25, -0.2) is 0 Å². The van der Waals surface area contributed by atoms with E-state index < -0.39 is 0 Å². The number of nitrogens with zero attached hydrogens (tertiary/aromatic N) is 3. The van der Waals surface area contributed by atoms with Gasteiger partial charge in [0.1, 0.15) is 0 Å². The molecule has 1 aromatic carbocycles. The maximum atomic E-state index is 12.2. The van der Waals surface area contributed by atoms with Crippen molar-refractivity contribution in [3.63, 3.8) is 0 Å². The third-order valence-electron chi connectivity index (χ3n) is 2.88. The Hall–Kier alpha value is -2.51. The summed E-state index contributed by atoms with van der Waals surface area (Å²) in [5.74, 6) is 0.0220. The van der Waals surface area contributed by atoms with E-state index in [0.717, 1.165) is 4.90 Å². The van der Waals surface area contributed by atoms with Crippen molar-refractivity contribution in [2.75, 3.05) is 24.2 Å². The Morgan fingerprint density at radius 3 is 2.17 bits per heavy atom. The van der Waals surface area contributed by atoms with Crippen molar-refractivity contribution in [3.8, 4) is 12.1 Å². The summed E-state index contributed by atoms with van der Waals surface area (Å²) in [6.07, 6.45) is 0.514. The van der Waals surface area contributed by atoms with Crippen molar-refractivity contribution in [1.29, 1.82) is 10.5 Å². The smallest absolute Gasteiger partial charge is 0.232 e. The Labute approximate surface area is 140 Å². The van der Waals surface area contributed by atoms with E-state index in [1.54, 1.807) is 17.0 Å². The van der Waals surface area contributed by atoms with Gasteiger partial charge in [0, 0.05) is 30.6 Å². The van der Waals surface area contributed by atoms with Crippen LogP contribution in [0.4, 0.5) is 5.69 Å². The van der Waals surface area contributed by atoms with Gasteiger partial charge in [-0.2, -0.15) is 10.5 Å². The fraction of sp³-hybridized carbons (Fsp3) is 0.375. The molecule has 0 heterocycles. The number of nitrogens with one attached hydrogen (secondary N) is 1. The van der Waals surface area contributed by atoms with Gasteiger partial charge in [-0.1, -0.05) is 0 Å². The van der Waals surface area contributed by atoms with Gasteiger partial charge in [-0.05, 0) is 24.3 Å². The maximum Gasteiger partial charge on any atom is 0.232 e. The number of carbonyl (C=O) groups is 2. The van der Waals surface area contributed by atoms with Crippen molar-refractivity contribution in [2.45, 2.75) is 24.7 Å². The monoisotopic (exact) mass is 330 g/mol. The summed E-state index contributed by atoms with van der Waals surface area (Å²) in [7, 11) is 0. The van der Waals surface area contributed by atoms with Crippen LogP contribution in [-0.4, -0.2) is 35.6 Å². The second kappa shape index (κ2) is 10.3. The van der Waals surface area contributed by atoms with Gasteiger partial charge in [0.2, 0.25) is 11.8 Å². The lowest BCUT2D eigenvalue weighted by Gasteiger charge is -2.20. The Morgan fingerprint density at radius 1 is 1.13 bits per heavy atom. The Morgan fingerprint density at radius 2 is 1.70 bits per heavy atom. The number of carbonyl (C=O) groups excluding carboxylic acids is 2. The molecule has 0 saturated heterocycles. The van der Waals surface area contributed by atoms with Crippen LogP contribution in [0.3, 0.4) is 0 Å². The molecule has 6 nitrogen and oxygen atoms in total. The molecular formula is C16H18N4O2S. The van der Waals surface area contributed by atoms with E-state index in [2.05, 4.69) is 5.32 Å². The van der Waals surface area contributed by atoms with Crippen LogP contribution in [0.1, 0.15) is 19.8 Å². The average molecular weight is 330 g/mol. The van der Waals surface area contributed by atoms with Gasteiger partial charge < -0.3 is 10.2 Å². The van der Waals surface area contributed by atoms with Crippen LogP contribution in [0.2, 0.25) is 0 Å². The second-order valence-corrected chi connectivity index (χ2v) is 5.74. The van der Waals surface area contributed by atoms with Gasteiger partial charge >= 0.3 is 0 Å². The van der Waals surface area contributed by atoms with E-state index in [-0.39, 0.29) is 30.4 Å². The molecule has 0 atom stereocenters. The summed E-state index contributed by atoms with van der Waals surface area (Å²) >= 11 is 1.38. The van der Waals surface area contributed by atoms with Gasteiger partial charge in [0.25, 0.3) is 0 Å². The molecule has 0 aliphatic heterocycles. The predicted octanol–water partition coefficient (Wildman–Crippen LogP) is 2.39. The van der Waals surface area contributed by atoms with Crippen molar-refractivity contribution >= 4 is 29.3 Å². The Kier molecular flexibility index (Phi) is 8.27. The van der Waals surface area contributed by atoms with Crippen molar-refractivity contribution < 1.29 is 9.59 Å². The largest absolute Gasteiger partial charge is 0.340 e. The van der Waals surface area contributed by atoms with Gasteiger partial charge in [-0.3, -0.25) is 9.59 Å². The van der Waals surface area contributed by atoms with Crippen LogP contribution in [0.25, 0.3) is 0 Å². The number of anilines is 1. The Balaban J connectivity index is 2.53. The molecule has 1 aromatic rings. The molecular weight excluding hydrogens is 312 g/mol. The van der Waals surface area contributed by atoms with E-state index in [4.69, 9.17) is 10.5 Å². The molecule has 0 unspecified atom stereocenters. The molecule has 1 rings (SSSR count). The summed E-state index contributed by atoms with van der Waals surface area (Å²) in [5, 5.41) is 19.9. The van der Waals surface area contributed by atoms with Crippen molar-refractivity contribution in [2.24, 2.45) is 0 Å². The lowest BCUT2D eigenvalue weighted by atomic mass is 10.3. The molecule has 0 radical (unpaired) electrons. The minimum atomic E-state index is -0.133. The number of amides is 2. The molecule has 23 heavy (non-hydrogen) atoms. The molecule has 1 N–H and O–H groups in total. The van der Waals surface area contributed by atoms with E-state index in [0.29, 0.717) is 18.8 Å². The van der Waals surface area contributed by atoms with Gasteiger partial charge in [0.15, 0.2) is 0 Å². The molecule has 0 fully saturated rings. The molecule has 0 aromatic heterocycles. The van der Waals surface area contributed by atoms with E-state index >= 15 is 0 Å². The number of benzene rings is 1. The zero-order chi connectivity index (χ0) is 17.1. The summed E-state index contributed by atoms with van der Waals surface area (Å²) in [4.78, 5) is 25.6. The molecule has 0 aliphatic carbocycles. The normalized spacial score (nSPS) is 9.52. The predicted molar refractivity (Wildman–Crippen MR) is 88.5 cm³/mol.